The summed E-state index contributed by atoms with van der Waals surface area (Å²) in [5.74, 6) is 0.266. The van der Waals surface area contributed by atoms with Gasteiger partial charge >= 0.3 is 0 Å². The Balaban J connectivity index is 1.84. The topological polar surface area (TPSA) is 82.9 Å². The fraction of sp³-hybridized carbons (Fsp3) is 0.353. The summed E-state index contributed by atoms with van der Waals surface area (Å²) >= 11 is 0. The van der Waals surface area contributed by atoms with Crippen molar-refractivity contribution in [3.05, 3.63) is 41.6 Å². The smallest absolute Gasteiger partial charge is 0.250 e. The maximum Gasteiger partial charge on any atom is 0.250 e. The SMILES string of the molecule is Cc1[nH]c(-c2ccccc2NC[C@H]2CCNC2)cc1C(N)=O. The minimum absolute atomic E-state index is 0.400. The van der Waals surface area contributed by atoms with Crippen molar-refractivity contribution < 1.29 is 4.79 Å². The highest BCUT2D eigenvalue weighted by Crippen LogP contribution is 2.29. The van der Waals surface area contributed by atoms with Crippen LogP contribution in [0, 0.1) is 12.8 Å². The molecule has 5 nitrogen and oxygen atoms in total. The first-order chi connectivity index (χ1) is 10.6. The monoisotopic (exact) mass is 298 g/mol. The lowest BCUT2D eigenvalue weighted by molar-refractivity contribution is 0.1000. The van der Waals surface area contributed by atoms with Gasteiger partial charge in [0.1, 0.15) is 0 Å². The van der Waals surface area contributed by atoms with E-state index in [0.717, 1.165) is 42.3 Å². The van der Waals surface area contributed by atoms with Gasteiger partial charge in [0.05, 0.1) is 5.56 Å². The Labute approximate surface area is 130 Å². The zero-order valence-electron chi connectivity index (χ0n) is 12.8. The minimum Gasteiger partial charge on any atom is -0.384 e. The molecule has 3 rings (SSSR count). The number of benzene rings is 1. The molecule has 5 N–H and O–H groups in total. The average molecular weight is 298 g/mol. The molecule has 0 unspecified atom stereocenters. The number of anilines is 1. The van der Waals surface area contributed by atoms with Crippen LogP contribution in [0.25, 0.3) is 11.3 Å². The molecular weight excluding hydrogens is 276 g/mol. The second kappa shape index (κ2) is 6.23. The molecule has 1 fully saturated rings. The molecule has 5 heteroatoms. The number of hydrogen-bond acceptors (Lipinski definition) is 3. The molecule has 116 valence electrons. The molecule has 1 aliphatic rings. The third kappa shape index (κ3) is 2.99. The van der Waals surface area contributed by atoms with E-state index in [1.165, 1.54) is 6.42 Å². The number of carbonyl (C=O) groups excluding carboxylic acids is 1. The zero-order valence-corrected chi connectivity index (χ0v) is 12.8. The van der Waals surface area contributed by atoms with Crippen LogP contribution < -0.4 is 16.4 Å². The number of primary amides is 1. The summed E-state index contributed by atoms with van der Waals surface area (Å²) in [5.41, 5.74) is 9.80. The summed E-state index contributed by atoms with van der Waals surface area (Å²) in [7, 11) is 0. The molecule has 1 saturated heterocycles. The van der Waals surface area contributed by atoms with Crippen LogP contribution >= 0.6 is 0 Å². The second-order valence-electron chi connectivity index (χ2n) is 5.87. The highest BCUT2D eigenvalue weighted by Gasteiger charge is 2.16. The maximum absolute atomic E-state index is 11.4. The van der Waals surface area contributed by atoms with Crippen LogP contribution in [0.1, 0.15) is 22.5 Å². The number of aromatic amines is 1. The molecule has 2 heterocycles. The Morgan fingerprint density at radius 2 is 2.23 bits per heavy atom. The molecule has 1 amide bonds. The van der Waals surface area contributed by atoms with Crippen LogP contribution in [-0.4, -0.2) is 30.5 Å². The lowest BCUT2D eigenvalue weighted by Gasteiger charge is -2.14. The summed E-state index contributed by atoms with van der Waals surface area (Å²) in [6.07, 6.45) is 1.21. The first-order valence-electron chi connectivity index (χ1n) is 7.68. The molecule has 0 aliphatic carbocycles. The maximum atomic E-state index is 11.4. The highest BCUT2D eigenvalue weighted by molar-refractivity contribution is 5.96. The van der Waals surface area contributed by atoms with E-state index in [1.807, 2.05) is 31.2 Å². The molecule has 0 spiro atoms. The van der Waals surface area contributed by atoms with Crippen molar-refractivity contribution in [3.63, 3.8) is 0 Å². The van der Waals surface area contributed by atoms with Gasteiger partial charge in [0.2, 0.25) is 0 Å². The van der Waals surface area contributed by atoms with Crippen LogP contribution in [0.3, 0.4) is 0 Å². The fourth-order valence-electron chi connectivity index (χ4n) is 2.97. The van der Waals surface area contributed by atoms with Crippen molar-refractivity contribution in [3.8, 4) is 11.3 Å². The van der Waals surface area contributed by atoms with E-state index in [1.54, 1.807) is 0 Å². The van der Waals surface area contributed by atoms with Crippen LogP contribution in [0.4, 0.5) is 5.69 Å². The number of aryl methyl sites for hydroxylation is 1. The van der Waals surface area contributed by atoms with E-state index in [9.17, 15) is 4.79 Å². The molecule has 1 aliphatic heterocycles. The predicted octanol–water partition coefficient (Wildman–Crippen LogP) is 2.11. The molecular formula is C17H22N4O. The Kier molecular flexibility index (Phi) is 4.15. The molecule has 1 aromatic carbocycles. The summed E-state index contributed by atoms with van der Waals surface area (Å²) in [6, 6.07) is 9.96. The molecule has 0 saturated carbocycles. The molecule has 1 aromatic heterocycles. The van der Waals surface area contributed by atoms with E-state index in [0.29, 0.717) is 11.5 Å². The normalized spacial score (nSPS) is 17.6. The first-order valence-corrected chi connectivity index (χ1v) is 7.68. The number of hydrogen-bond donors (Lipinski definition) is 4. The Hall–Kier alpha value is -2.27. The van der Waals surface area contributed by atoms with Crippen molar-refractivity contribution in [2.45, 2.75) is 13.3 Å². The van der Waals surface area contributed by atoms with Gasteiger partial charge in [-0.05, 0) is 44.5 Å². The first kappa shape index (κ1) is 14.7. The number of nitrogens with one attached hydrogen (secondary N) is 3. The number of carbonyl (C=O) groups is 1. The molecule has 0 radical (unpaired) electrons. The number of H-pyrrole nitrogens is 1. The quantitative estimate of drug-likeness (QED) is 0.682. The molecule has 22 heavy (non-hydrogen) atoms. The van der Waals surface area contributed by atoms with Crippen molar-refractivity contribution in [2.75, 3.05) is 25.0 Å². The predicted molar refractivity (Wildman–Crippen MR) is 89.0 cm³/mol. The number of nitrogens with two attached hydrogens (primary N) is 1. The van der Waals surface area contributed by atoms with Gasteiger partial charge in [-0.1, -0.05) is 18.2 Å². The van der Waals surface area contributed by atoms with Crippen molar-refractivity contribution in [2.24, 2.45) is 11.7 Å². The van der Waals surface area contributed by atoms with Gasteiger partial charge < -0.3 is 21.4 Å². The molecule has 0 bridgehead atoms. The highest BCUT2D eigenvalue weighted by atomic mass is 16.1. The average Bonchev–Trinajstić information content (AvgIpc) is 3.14. The summed E-state index contributed by atoms with van der Waals surface area (Å²) in [6.45, 7) is 4.99. The Morgan fingerprint density at radius 1 is 1.41 bits per heavy atom. The lowest BCUT2D eigenvalue weighted by atomic mass is 10.1. The van der Waals surface area contributed by atoms with Crippen LogP contribution in [0.2, 0.25) is 0 Å². The van der Waals surface area contributed by atoms with Gasteiger partial charge in [-0.2, -0.15) is 0 Å². The molecule has 2 aromatic rings. The van der Waals surface area contributed by atoms with Gasteiger partial charge in [0, 0.05) is 29.2 Å². The van der Waals surface area contributed by atoms with Gasteiger partial charge in [-0.15, -0.1) is 0 Å². The van der Waals surface area contributed by atoms with Crippen molar-refractivity contribution >= 4 is 11.6 Å². The Bertz CT molecular complexity index is 671. The lowest BCUT2D eigenvalue weighted by Crippen LogP contribution is -2.17. The van der Waals surface area contributed by atoms with Gasteiger partial charge in [-0.3, -0.25) is 4.79 Å². The number of rotatable bonds is 5. The zero-order chi connectivity index (χ0) is 15.5. The van der Waals surface area contributed by atoms with Gasteiger partial charge in [-0.25, -0.2) is 0 Å². The summed E-state index contributed by atoms with van der Waals surface area (Å²) < 4.78 is 0. The standard InChI is InChI=1S/C17H22N4O/c1-11-14(17(18)22)8-16(21-11)13-4-2-3-5-15(13)20-10-12-6-7-19-9-12/h2-5,8,12,19-21H,6-7,9-10H2,1H3,(H2,18,22)/t12-/m0/s1. The number of amides is 1. The summed E-state index contributed by atoms with van der Waals surface area (Å²) in [4.78, 5) is 14.7. The minimum atomic E-state index is -0.400. The Morgan fingerprint density at radius 3 is 2.91 bits per heavy atom. The van der Waals surface area contributed by atoms with E-state index in [4.69, 9.17) is 5.73 Å². The third-order valence-corrected chi connectivity index (χ3v) is 4.24. The summed E-state index contributed by atoms with van der Waals surface area (Å²) in [5, 5.41) is 6.92. The van der Waals surface area contributed by atoms with E-state index < -0.39 is 5.91 Å². The van der Waals surface area contributed by atoms with Gasteiger partial charge in [0.25, 0.3) is 5.91 Å². The number of para-hydroxylation sites is 1. The van der Waals surface area contributed by atoms with E-state index in [-0.39, 0.29) is 0 Å². The van der Waals surface area contributed by atoms with E-state index in [2.05, 4.69) is 21.7 Å². The van der Waals surface area contributed by atoms with Crippen LogP contribution in [0.5, 0.6) is 0 Å². The van der Waals surface area contributed by atoms with Crippen LogP contribution in [0.15, 0.2) is 30.3 Å². The third-order valence-electron chi connectivity index (χ3n) is 4.24. The van der Waals surface area contributed by atoms with Gasteiger partial charge in [0.15, 0.2) is 0 Å². The second-order valence-corrected chi connectivity index (χ2v) is 5.87. The fourth-order valence-corrected chi connectivity index (χ4v) is 2.97. The largest absolute Gasteiger partial charge is 0.384 e. The van der Waals surface area contributed by atoms with Crippen molar-refractivity contribution in [1.82, 2.24) is 10.3 Å². The number of aromatic nitrogens is 1. The van der Waals surface area contributed by atoms with E-state index >= 15 is 0 Å². The molecule has 1 atom stereocenters. The van der Waals surface area contributed by atoms with Crippen LogP contribution in [-0.2, 0) is 0 Å². The van der Waals surface area contributed by atoms with Crippen molar-refractivity contribution in [1.29, 1.82) is 0 Å².